The Morgan fingerprint density at radius 1 is 0.962 bits per heavy atom. The molecule has 1 aromatic carbocycles. The van der Waals surface area contributed by atoms with Gasteiger partial charge in [-0.25, -0.2) is 15.0 Å². The van der Waals surface area contributed by atoms with Crippen molar-refractivity contribution >= 4 is 28.6 Å². The molecule has 0 aliphatic rings. The highest BCUT2D eigenvalue weighted by Gasteiger charge is 2.08. The number of aryl methyl sites for hydroxylation is 2. The molecule has 0 aliphatic heterocycles. The van der Waals surface area contributed by atoms with Gasteiger partial charge in [0.1, 0.15) is 5.82 Å². The van der Waals surface area contributed by atoms with Crippen LogP contribution in [0.25, 0.3) is 11.0 Å². The molecule has 2 heterocycles. The highest BCUT2D eigenvalue weighted by molar-refractivity contribution is 5.76. The summed E-state index contributed by atoms with van der Waals surface area (Å²) in [6.07, 6.45) is 1.05. The summed E-state index contributed by atoms with van der Waals surface area (Å²) in [7, 11) is 4.15. The van der Waals surface area contributed by atoms with Gasteiger partial charge in [0.25, 0.3) is 0 Å². The molecule has 0 fully saturated rings. The van der Waals surface area contributed by atoms with E-state index in [1.807, 2.05) is 44.2 Å². The zero-order valence-electron chi connectivity index (χ0n) is 15.7. The van der Waals surface area contributed by atoms with E-state index in [1.165, 1.54) is 0 Å². The van der Waals surface area contributed by atoms with E-state index in [0.29, 0.717) is 11.8 Å². The number of benzene rings is 1. The lowest BCUT2D eigenvalue weighted by atomic mass is 10.3. The van der Waals surface area contributed by atoms with Gasteiger partial charge < -0.3 is 15.5 Å². The zero-order chi connectivity index (χ0) is 18.5. The zero-order valence-corrected chi connectivity index (χ0v) is 15.7. The smallest absolute Gasteiger partial charge is 0.230 e. The van der Waals surface area contributed by atoms with E-state index >= 15 is 0 Å². The topological polar surface area (TPSA) is 78.9 Å². The van der Waals surface area contributed by atoms with Crippen molar-refractivity contribution in [3.8, 4) is 0 Å². The van der Waals surface area contributed by atoms with E-state index in [0.717, 1.165) is 47.7 Å². The first-order valence-electron chi connectivity index (χ1n) is 8.76. The molecule has 136 valence electrons. The second-order valence-electron chi connectivity index (χ2n) is 6.57. The van der Waals surface area contributed by atoms with Gasteiger partial charge in [0.2, 0.25) is 5.95 Å². The number of nitrogens with zero attached hydrogens (tertiary/aromatic N) is 5. The number of hydrogen-bond donors (Lipinski definition) is 2. The highest BCUT2D eigenvalue weighted by atomic mass is 15.2. The van der Waals surface area contributed by atoms with Crippen LogP contribution in [-0.2, 0) is 0 Å². The molecule has 0 saturated carbocycles. The van der Waals surface area contributed by atoms with E-state index in [2.05, 4.69) is 49.6 Å². The molecule has 3 aromatic rings. The lowest BCUT2D eigenvalue weighted by Crippen LogP contribution is -2.17. The van der Waals surface area contributed by atoms with E-state index < -0.39 is 0 Å². The molecule has 0 amide bonds. The fourth-order valence-corrected chi connectivity index (χ4v) is 2.64. The van der Waals surface area contributed by atoms with Gasteiger partial charge in [-0.05, 0) is 53.0 Å². The number of fused-ring (bicyclic) bond motifs is 1. The quantitative estimate of drug-likeness (QED) is 0.633. The maximum Gasteiger partial charge on any atom is 0.230 e. The number of rotatable bonds is 7. The normalized spacial score (nSPS) is 11.1. The largest absolute Gasteiger partial charge is 0.370 e. The number of nitrogens with one attached hydrogen (secondary N) is 2. The number of anilines is 3. The van der Waals surface area contributed by atoms with Crippen molar-refractivity contribution in [1.82, 2.24) is 24.8 Å². The van der Waals surface area contributed by atoms with Crippen LogP contribution in [0, 0.1) is 13.8 Å². The number of aromatic nitrogens is 4. The third kappa shape index (κ3) is 4.64. The lowest BCUT2D eigenvalue weighted by Gasteiger charge is -2.12. The van der Waals surface area contributed by atoms with E-state index in [-0.39, 0.29) is 0 Å². The Labute approximate surface area is 153 Å². The average Bonchev–Trinajstić information content (AvgIpc) is 2.59. The van der Waals surface area contributed by atoms with Crippen LogP contribution in [0.15, 0.2) is 30.3 Å². The highest BCUT2D eigenvalue weighted by Crippen LogP contribution is 2.19. The van der Waals surface area contributed by atoms with E-state index in [9.17, 15) is 0 Å². The first-order valence-corrected chi connectivity index (χ1v) is 8.76. The van der Waals surface area contributed by atoms with Gasteiger partial charge in [-0.1, -0.05) is 12.1 Å². The second-order valence-corrected chi connectivity index (χ2v) is 6.57. The molecule has 0 saturated heterocycles. The average molecular weight is 351 g/mol. The minimum atomic E-state index is 0.521. The molecule has 26 heavy (non-hydrogen) atoms. The molecule has 0 radical (unpaired) electrons. The predicted octanol–water partition coefficient (Wildman–Crippen LogP) is 3.14. The van der Waals surface area contributed by atoms with Crippen molar-refractivity contribution in [1.29, 1.82) is 0 Å². The molecular formula is C19H25N7. The van der Waals surface area contributed by atoms with Crippen LogP contribution < -0.4 is 10.6 Å². The third-order valence-electron chi connectivity index (χ3n) is 3.92. The van der Waals surface area contributed by atoms with E-state index in [1.54, 1.807) is 0 Å². The van der Waals surface area contributed by atoms with Gasteiger partial charge in [-0.3, -0.25) is 0 Å². The molecular weight excluding hydrogens is 326 g/mol. The fraction of sp³-hybridized carbons (Fsp3) is 0.368. The maximum absolute atomic E-state index is 4.64. The van der Waals surface area contributed by atoms with Crippen LogP contribution in [0.2, 0.25) is 0 Å². The monoisotopic (exact) mass is 351 g/mol. The van der Waals surface area contributed by atoms with Gasteiger partial charge in [-0.15, -0.1) is 0 Å². The Hall–Kier alpha value is -2.80. The molecule has 0 spiro atoms. The molecule has 0 aliphatic carbocycles. The Morgan fingerprint density at radius 3 is 2.42 bits per heavy atom. The van der Waals surface area contributed by atoms with E-state index in [4.69, 9.17) is 0 Å². The number of hydrogen-bond acceptors (Lipinski definition) is 7. The summed E-state index contributed by atoms with van der Waals surface area (Å²) in [5, 5.41) is 6.57. The van der Waals surface area contributed by atoms with Crippen molar-refractivity contribution in [2.45, 2.75) is 20.3 Å². The fourth-order valence-electron chi connectivity index (χ4n) is 2.64. The van der Waals surface area contributed by atoms with Crippen molar-refractivity contribution in [2.24, 2.45) is 0 Å². The van der Waals surface area contributed by atoms with Gasteiger partial charge in [0, 0.05) is 18.3 Å². The van der Waals surface area contributed by atoms with Crippen molar-refractivity contribution in [3.63, 3.8) is 0 Å². The van der Waals surface area contributed by atoms with Gasteiger partial charge in [0.05, 0.1) is 16.7 Å². The molecule has 2 aromatic heterocycles. The van der Waals surface area contributed by atoms with Crippen molar-refractivity contribution in [2.75, 3.05) is 37.8 Å². The SMILES string of the molecule is Cc1cc(NCCCN(C)C)nc(Nc2nc3ccccc3nc2C)n1. The molecule has 2 N–H and O–H groups in total. The Balaban J connectivity index is 1.76. The summed E-state index contributed by atoms with van der Waals surface area (Å²) in [4.78, 5) is 20.4. The van der Waals surface area contributed by atoms with Crippen LogP contribution in [0.5, 0.6) is 0 Å². The molecule has 0 bridgehead atoms. The second kappa shape index (κ2) is 8.05. The summed E-state index contributed by atoms with van der Waals surface area (Å²) >= 11 is 0. The first-order chi connectivity index (χ1) is 12.5. The number of para-hydroxylation sites is 2. The van der Waals surface area contributed by atoms with Crippen LogP contribution in [-0.4, -0.2) is 52.0 Å². The molecule has 0 unspecified atom stereocenters. The van der Waals surface area contributed by atoms with Crippen LogP contribution in [0.1, 0.15) is 17.8 Å². The lowest BCUT2D eigenvalue weighted by molar-refractivity contribution is 0.405. The summed E-state index contributed by atoms with van der Waals surface area (Å²) in [6.45, 7) is 5.78. The third-order valence-corrected chi connectivity index (χ3v) is 3.92. The van der Waals surface area contributed by atoms with Crippen LogP contribution in [0.4, 0.5) is 17.6 Å². The first kappa shape index (κ1) is 18.0. The Kier molecular flexibility index (Phi) is 5.58. The Morgan fingerprint density at radius 2 is 1.69 bits per heavy atom. The van der Waals surface area contributed by atoms with Gasteiger partial charge >= 0.3 is 0 Å². The summed E-state index contributed by atoms with van der Waals surface area (Å²) < 4.78 is 0. The van der Waals surface area contributed by atoms with Crippen LogP contribution in [0.3, 0.4) is 0 Å². The predicted molar refractivity (Wildman–Crippen MR) is 106 cm³/mol. The Bertz CT molecular complexity index is 892. The maximum atomic E-state index is 4.64. The van der Waals surface area contributed by atoms with Crippen LogP contribution >= 0.6 is 0 Å². The molecule has 3 rings (SSSR count). The van der Waals surface area contributed by atoms with Gasteiger partial charge in [0.15, 0.2) is 5.82 Å². The van der Waals surface area contributed by atoms with Crippen molar-refractivity contribution in [3.05, 3.63) is 41.7 Å². The minimum Gasteiger partial charge on any atom is -0.370 e. The molecule has 7 heteroatoms. The molecule has 0 atom stereocenters. The molecule has 7 nitrogen and oxygen atoms in total. The summed E-state index contributed by atoms with van der Waals surface area (Å²) in [5.74, 6) is 2.01. The summed E-state index contributed by atoms with van der Waals surface area (Å²) in [6, 6.07) is 9.76. The van der Waals surface area contributed by atoms with Crippen molar-refractivity contribution < 1.29 is 0 Å². The minimum absolute atomic E-state index is 0.521. The van der Waals surface area contributed by atoms with Gasteiger partial charge in [-0.2, -0.15) is 4.98 Å². The summed E-state index contributed by atoms with van der Waals surface area (Å²) in [5.41, 5.74) is 3.43. The standard InChI is InChI=1S/C19H25N7/c1-13-12-17(20-10-7-11-26(3)4)24-19(21-13)25-18-14(2)22-15-8-5-6-9-16(15)23-18/h5-6,8-9,12H,7,10-11H2,1-4H3,(H2,20,21,23,24,25).